The van der Waals surface area contributed by atoms with Gasteiger partial charge in [0.05, 0.1) is 12.2 Å². The topological polar surface area (TPSA) is 90.4 Å². The molecule has 7 nitrogen and oxygen atoms in total. The molecule has 0 radical (unpaired) electrons. The molecular formula is C18H36N4O3. The highest BCUT2D eigenvalue weighted by atomic mass is 16.6. The van der Waals surface area contributed by atoms with E-state index in [1.807, 2.05) is 41.5 Å². The lowest BCUT2D eigenvalue weighted by Gasteiger charge is -2.24. The summed E-state index contributed by atoms with van der Waals surface area (Å²) < 4.78 is 6.82. The van der Waals surface area contributed by atoms with Crippen molar-refractivity contribution in [3.63, 3.8) is 0 Å². The molecule has 7 heteroatoms. The van der Waals surface area contributed by atoms with Gasteiger partial charge in [-0.25, -0.2) is 4.79 Å². The van der Waals surface area contributed by atoms with Crippen molar-refractivity contribution in [3.8, 4) is 0 Å². The predicted octanol–water partition coefficient (Wildman–Crippen LogP) is 3.98. The van der Waals surface area contributed by atoms with Crippen LogP contribution in [0.15, 0.2) is 6.07 Å². The highest BCUT2D eigenvalue weighted by Gasteiger charge is 2.21. The van der Waals surface area contributed by atoms with Gasteiger partial charge in [-0.2, -0.15) is 5.10 Å². The number of aromatic nitrogens is 2. The lowest BCUT2D eigenvalue weighted by atomic mass is 10.2. The van der Waals surface area contributed by atoms with Crippen LogP contribution in [-0.2, 0) is 11.3 Å². The quantitative estimate of drug-likeness (QED) is 0.883. The van der Waals surface area contributed by atoms with Crippen LogP contribution in [0.5, 0.6) is 0 Å². The third kappa shape index (κ3) is 9.12. The highest BCUT2D eigenvalue weighted by molar-refractivity contribution is 5.91. The zero-order chi connectivity index (χ0) is 20.4. The first-order valence-electron chi connectivity index (χ1n) is 8.83. The number of hydrogen-bond acceptors (Lipinski definition) is 4. The van der Waals surface area contributed by atoms with Crippen molar-refractivity contribution in [1.82, 2.24) is 14.7 Å². The average Bonchev–Trinajstić information content (AvgIpc) is 2.94. The molecule has 0 unspecified atom stereocenters. The molecule has 2 amide bonds. The van der Waals surface area contributed by atoms with E-state index in [1.54, 1.807) is 38.6 Å². The van der Waals surface area contributed by atoms with Crippen molar-refractivity contribution in [1.29, 1.82) is 0 Å². The van der Waals surface area contributed by atoms with Crippen molar-refractivity contribution < 1.29 is 14.3 Å². The molecule has 0 fully saturated rings. The lowest BCUT2D eigenvalue weighted by molar-refractivity contribution is 0.0282. The van der Waals surface area contributed by atoms with Crippen molar-refractivity contribution in [2.45, 2.75) is 80.5 Å². The van der Waals surface area contributed by atoms with Gasteiger partial charge in [0.1, 0.15) is 11.3 Å². The zero-order valence-corrected chi connectivity index (χ0v) is 17.5. The minimum absolute atomic E-state index is 0.00748. The summed E-state index contributed by atoms with van der Waals surface area (Å²) in [6.45, 7) is 17.5. The van der Waals surface area contributed by atoms with E-state index >= 15 is 0 Å². The summed E-state index contributed by atoms with van der Waals surface area (Å²) in [6.07, 6.45) is -0.442. The number of nitrogens with zero attached hydrogens (tertiary/aromatic N) is 3. The number of ether oxygens (including phenoxy) is 1. The molecule has 0 atom stereocenters. The lowest BCUT2D eigenvalue weighted by Crippen LogP contribution is -2.33. The van der Waals surface area contributed by atoms with E-state index in [0.717, 1.165) is 0 Å². The van der Waals surface area contributed by atoms with Gasteiger partial charge in [0.2, 0.25) is 0 Å². The smallest absolute Gasteiger partial charge is 0.410 e. The molecule has 0 aromatic carbocycles. The second-order valence-electron chi connectivity index (χ2n) is 6.26. The summed E-state index contributed by atoms with van der Waals surface area (Å²) in [6, 6.07) is 1.61. The van der Waals surface area contributed by atoms with Gasteiger partial charge in [-0.1, -0.05) is 27.7 Å². The van der Waals surface area contributed by atoms with E-state index < -0.39 is 17.6 Å². The minimum atomic E-state index is -0.555. The van der Waals surface area contributed by atoms with Gasteiger partial charge in [0, 0.05) is 13.1 Å². The van der Waals surface area contributed by atoms with Crippen LogP contribution in [0.3, 0.4) is 0 Å². The van der Waals surface area contributed by atoms with Crippen LogP contribution in [0, 0.1) is 0 Å². The normalized spacial score (nSPS) is 10.2. The van der Waals surface area contributed by atoms with E-state index in [4.69, 9.17) is 10.5 Å². The van der Waals surface area contributed by atoms with Gasteiger partial charge in [0.15, 0.2) is 0 Å². The van der Waals surface area contributed by atoms with Gasteiger partial charge in [-0.3, -0.25) is 9.48 Å². The molecule has 2 N–H and O–H groups in total. The Labute approximate surface area is 152 Å². The van der Waals surface area contributed by atoms with Crippen LogP contribution in [0.25, 0.3) is 0 Å². The van der Waals surface area contributed by atoms with Gasteiger partial charge in [-0.05, 0) is 40.7 Å². The summed E-state index contributed by atoms with van der Waals surface area (Å²) >= 11 is 0. The highest BCUT2D eigenvalue weighted by Crippen LogP contribution is 2.14. The number of primary amides is 1. The predicted molar refractivity (Wildman–Crippen MR) is 102 cm³/mol. The number of hydrogen-bond donors (Lipinski definition) is 1. The van der Waals surface area contributed by atoms with E-state index in [1.165, 1.54) is 4.90 Å². The summed E-state index contributed by atoms with van der Waals surface area (Å²) in [7, 11) is 1.62. The van der Waals surface area contributed by atoms with Crippen molar-refractivity contribution >= 4 is 12.0 Å². The SMILES string of the molecule is CC.CC.CC(C)n1nc(CN(C)C(=O)OC(C)(C)C)cc1C(N)=O. The Bertz CT molecular complexity index is 531. The Morgan fingerprint density at radius 3 is 2.04 bits per heavy atom. The van der Waals surface area contributed by atoms with Crippen LogP contribution in [0.4, 0.5) is 4.79 Å². The van der Waals surface area contributed by atoms with E-state index in [2.05, 4.69) is 5.10 Å². The Morgan fingerprint density at radius 2 is 1.72 bits per heavy atom. The second-order valence-corrected chi connectivity index (χ2v) is 6.26. The fraction of sp³-hybridized carbons (Fsp3) is 0.722. The second kappa shape index (κ2) is 11.5. The van der Waals surface area contributed by atoms with Gasteiger partial charge in [0.25, 0.3) is 5.91 Å². The largest absolute Gasteiger partial charge is 0.444 e. The first kappa shape index (κ1) is 25.2. The van der Waals surface area contributed by atoms with Crippen LogP contribution < -0.4 is 5.73 Å². The molecule has 25 heavy (non-hydrogen) atoms. The first-order chi connectivity index (χ1) is 11.5. The third-order valence-electron chi connectivity index (χ3n) is 2.63. The zero-order valence-electron chi connectivity index (χ0n) is 17.5. The Hall–Kier alpha value is -2.05. The molecule has 1 aromatic heterocycles. The summed E-state index contributed by atoms with van der Waals surface area (Å²) in [5, 5.41) is 4.32. The van der Waals surface area contributed by atoms with Crippen molar-refractivity contribution in [2.24, 2.45) is 5.73 Å². The van der Waals surface area contributed by atoms with Gasteiger partial charge < -0.3 is 15.4 Å². The molecule has 0 saturated carbocycles. The van der Waals surface area contributed by atoms with E-state index in [9.17, 15) is 9.59 Å². The molecular weight excluding hydrogens is 320 g/mol. The number of amides is 2. The Morgan fingerprint density at radius 1 is 1.24 bits per heavy atom. The monoisotopic (exact) mass is 356 g/mol. The van der Waals surface area contributed by atoms with Crippen LogP contribution in [0.2, 0.25) is 0 Å². The standard InChI is InChI=1S/C14H24N4O3.2C2H6/c1-9(2)18-11(12(15)19)7-10(16-18)8-17(6)13(20)21-14(3,4)5;2*1-2/h7,9H,8H2,1-6H3,(H2,15,19);2*1-2H3. The maximum absolute atomic E-state index is 11.9. The maximum atomic E-state index is 11.9. The number of carbonyl (C=O) groups excluding carboxylic acids is 2. The molecule has 0 saturated heterocycles. The molecule has 0 aliphatic carbocycles. The summed E-state index contributed by atoms with van der Waals surface area (Å²) in [5.41, 5.74) is 5.70. The fourth-order valence-electron chi connectivity index (χ4n) is 1.75. The van der Waals surface area contributed by atoms with Gasteiger partial charge in [-0.15, -0.1) is 0 Å². The molecule has 146 valence electrons. The molecule has 0 bridgehead atoms. The van der Waals surface area contributed by atoms with E-state index in [0.29, 0.717) is 11.4 Å². The third-order valence-corrected chi connectivity index (χ3v) is 2.63. The van der Waals surface area contributed by atoms with Crippen LogP contribution in [-0.4, -0.2) is 39.3 Å². The van der Waals surface area contributed by atoms with Crippen LogP contribution >= 0.6 is 0 Å². The fourth-order valence-corrected chi connectivity index (χ4v) is 1.75. The minimum Gasteiger partial charge on any atom is -0.444 e. The van der Waals surface area contributed by atoms with Gasteiger partial charge >= 0.3 is 6.09 Å². The Balaban J connectivity index is 0. The number of nitrogens with two attached hydrogens (primary N) is 1. The molecule has 0 spiro atoms. The summed E-state index contributed by atoms with van der Waals surface area (Å²) in [4.78, 5) is 24.7. The first-order valence-corrected chi connectivity index (χ1v) is 8.83. The average molecular weight is 357 g/mol. The van der Waals surface area contributed by atoms with Crippen LogP contribution in [0.1, 0.15) is 84.5 Å². The molecule has 1 heterocycles. The van der Waals surface area contributed by atoms with Crippen molar-refractivity contribution in [2.75, 3.05) is 7.05 Å². The number of carbonyl (C=O) groups is 2. The molecule has 0 aliphatic heterocycles. The molecule has 0 aliphatic rings. The molecule has 1 aromatic rings. The maximum Gasteiger partial charge on any atom is 0.410 e. The molecule has 1 rings (SSSR count). The van der Waals surface area contributed by atoms with E-state index in [-0.39, 0.29) is 12.6 Å². The Kier molecular flexibility index (Phi) is 11.6. The number of rotatable bonds is 4. The summed E-state index contributed by atoms with van der Waals surface area (Å²) in [5.74, 6) is -0.539. The van der Waals surface area contributed by atoms with Crippen molar-refractivity contribution in [3.05, 3.63) is 17.5 Å².